The summed E-state index contributed by atoms with van der Waals surface area (Å²) in [4.78, 5) is 26.1. The van der Waals surface area contributed by atoms with Crippen LogP contribution in [0, 0.1) is 11.3 Å². The van der Waals surface area contributed by atoms with Crippen molar-refractivity contribution in [3.05, 3.63) is 59.7 Å². The first kappa shape index (κ1) is 21.9. The van der Waals surface area contributed by atoms with E-state index < -0.39 is 29.3 Å². The van der Waals surface area contributed by atoms with Crippen molar-refractivity contribution in [1.29, 1.82) is 0 Å². The zero-order valence-electron chi connectivity index (χ0n) is 18.3. The third kappa shape index (κ3) is 3.49. The summed E-state index contributed by atoms with van der Waals surface area (Å²) >= 11 is 0. The molecule has 0 radical (unpaired) electrons. The molecule has 2 fully saturated rings. The second-order valence-electron chi connectivity index (χ2n) is 9.50. The minimum Gasteiger partial charge on any atom is -0.481 e. The number of amides is 1. The second kappa shape index (κ2) is 8.12. The molecule has 33 heavy (non-hydrogen) atoms. The van der Waals surface area contributed by atoms with E-state index in [-0.39, 0.29) is 38.5 Å². The molecule has 2 atom stereocenters. The van der Waals surface area contributed by atoms with Gasteiger partial charge in [-0.05, 0) is 35.1 Å². The fraction of sp³-hybridized carbons (Fsp3) is 0.462. The Morgan fingerprint density at radius 1 is 0.970 bits per heavy atom. The highest BCUT2D eigenvalue weighted by molar-refractivity contribution is 5.79. The Hall–Kier alpha value is -2.96. The number of hydrogen-bond donors (Lipinski definition) is 1. The van der Waals surface area contributed by atoms with Crippen molar-refractivity contribution < 1.29 is 28.2 Å². The lowest BCUT2D eigenvalue weighted by molar-refractivity contribution is -0.168. The van der Waals surface area contributed by atoms with Gasteiger partial charge in [0.15, 0.2) is 0 Å². The monoisotopic (exact) mass is 455 g/mol. The second-order valence-corrected chi connectivity index (χ2v) is 9.50. The minimum absolute atomic E-state index is 0.0739. The van der Waals surface area contributed by atoms with Gasteiger partial charge in [-0.3, -0.25) is 4.79 Å². The van der Waals surface area contributed by atoms with E-state index in [4.69, 9.17) is 4.74 Å². The Bertz CT molecular complexity index is 1040. The molecule has 3 aliphatic rings. The van der Waals surface area contributed by atoms with E-state index in [2.05, 4.69) is 0 Å². The maximum atomic E-state index is 15.2. The number of carbonyl (C=O) groups excluding carboxylic acids is 1. The summed E-state index contributed by atoms with van der Waals surface area (Å²) < 4.78 is 36.0. The van der Waals surface area contributed by atoms with Crippen molar-refractivity contribution in [3.8, 4) is 11.1 Å². The maximum absolute atomic E-state index is 15.2. The molecule has 1 spiro atoms. The van der Waals surface area contributed by atoms with Gasteiger partial charge in [0.25, 0.3) is 5.92 Å². The first-order valence-electron chi connectivity index (χ1n) is 11.5. The average molecular weight is 456 g/mol. The van der Waals surface area contributed by atoms with Gasteiger partial charge in [-0.25, -0.2) is 13.6 Å². The van der Waals surface area contributed by atoms with E-state index >= 15 is 8.78 Å². The van der Waals surface area contributed by atoms with Crippen LogP contribution in [0.15, 0.2) is 48.5 Å². The van der Waals surface area contributed by atoms with Gasteiger partial charge in [-0.1, -0.05) is 61.4 Å². The number of likely N-dealkylation sites (tertiary alicyclic amines) is 1. The van der Waals surface area contributed by atoms with Crippen LogP contribution in [0.5, 0.6) is 0 Å². The largest absolute Gasteiger partial charge is 0.481 e. The molecule has 1 saturated carbocycles. The Balaban J connectivity index is 1.35. The predicted octanol–water partition coefficient (Wildman–Crippen LogP) is 5.54. The molecule has 2 aromatic rings. The van der Waals surface area contributed by atoms with Gasteiger partial charge in [-0.2, -0.15) is 0 Å². The molecule has 1 saturated heterocycles. The van der Waals surface area contributed by atoms with Crippen molar-refractivity contribution in [2.24, 2.45) is 11.3 Å². The topological polar surface area (TPSA) is 66.8 Å². The van der Waals surface area contributed by atoms with Crippen LogP contribution in [0.1, 0.15) is 49.1 Å². The smallest absolute Gasteiger partial charge is 0.409 e. The van der Waals surface area contributed by atoms with Gasteiger partial charge < -0.3 is 14.7 Å². The van der Waals surface area contributed by atoms with Crippen molar-refractivity contribution in [1.82, 2.24) is 4.90 Å². The van der Waals surface area contributed by atoms with Gasteiger partial charge in [0.05, 0.1) is 11.3 Å². The Morgan fingerprint density at radius 2 is 1.58 bits per heavy atom. The van der Waals surface area contributed by atoms with Crippen molar-refractivity contribution >= 4 is 12.1 Å². The number of aliphatic carboxylic acids is 1. The summed E-state index contributed by atoms with van der Waals surface area (Å²) in [5, 5.41) is 9.76. The summed E-state index contributed by atoms with van der Waals surface area (Å²) in [5.74, 6) is -5.85. The Kier molecular flexibility index (Phi) is 5.38. The zero-order valence-corrected chi connectivity index (χ0v) is 18.3. The SMILES string of the molecule is O=C(O)C1CN(C(=O)OCC2c3ccccc3-c3ccccc32)CC12CCCCCC2(F)F. The molecule has 1 aliphatic heterocycles. The maximum Gasteiger partial charge on any atom is 0.409 e. The first-order valence-corrected chi connectivity index (χ1v) is 11.5. The molecule has 174 valence electrons. The Labute approximate surface area is 191 Å². The van der Waals surface area contributed by atoms with E-state index in [1.807, 2.05) is 48.5 Å². The summed E-state index contributed by atoms with van der Waals surface area (Å²) in [6, 6.07) is 15.9. The molecule has 1 amide bonds. The zero-order chi connectivity index (χ0) is 23.2. The highest BCUT2D eigenvalue weighted by Gasteiger charge is 2.64. The molecule has 0 aromatic heterocycles. The number of halogens is 2. The molecule has 1 N–H and O–H groups in total. The van der Waals surface area contributed by atoms with Crippen LogP contribution in [0.4, 0.5) is 13.6 Å². The number of benzene rings is 2. The van der Waals surface area contributed by atoms with Crippen LogP contribution in [0.3, 0.4) is 0 Å². The van der Waals surface area contributed by atoms with Gasteiger partial charge in [0.2, 0.25) is 0 Å². The van der Waals surface area contributed by atoms with Gasteiger partial charge in [0.1, 0.15) is 6.61 Å². The van der Waals surface area contributed by atoms with E-state index in [0.717, 1.165) is 22.3 Å². The number of nitrogens with zero attached hydrogens (tertiary/aromatic N) is 1. The molecule has 2 aliphatic carbocycles. The molecule has 2 aromatic carbocycles. The summed E-state index contributed by atoms with van der Waals surface area (Å²) in [7, 11) is 0. The molecule has 1 heterocycles. The van der Waals surface area contributed by atoms with E-state index in [0.29, 0.717) is 19.3 Å². The number of alkyl halides is 2. The number of rotatable bonds is 3. The van der Waals surface area contributed by atoms with Gasteiger partial charge in [0, 0.05) is 25.4 Å². The van der Waals surface area contributed by atoms with Crippen LogP contribution < -0.4 is 0 Å². The minimum atomic E-state index is -3.13. The summed E-state index contributed by atoms with van der Waals surface area (Å²) in [6.45, 7) is -0.459. The number of carbonyl (C=O) groups is 2. The van der Waals surface area contributed by atoms with Crippen LogP contribution >= 0.6 is 0 Å². The molecular formula is C26H27F2NO4. The highest BCUT2D eigenvalue weighted by Crippen LogP contribution is 2.55. The van der Waals surface area contributed by atoms with Crippen molar-refractivity contribution in [2.75, 3.05) is 19.7 Å². The normalized spacial score (nSPS) is 26.0. The van der Waals surface area contributed by atoms with Crippen molar-refractivity contribution in [2.45, 2.75) is 43.9 Å². The lowest BCUT2D eigenvalue weighted by atomic mass is 9.69. The molecule has 5 nitrogen and oxygen atoms in total. The predicted molar refractivity (Wildman–Crippen MR) is 118 cm³/mol. The van der Waals surface area contributed by atoms with Crippen LogP contribution in [0.25, 0.3) is 11.1 Å². The fourth-order valence-electron chi connectivity index (χ4n) is 6.07. The third-order valence-corrected chi connectivity index (χ3v) is 7.78. The van der Waals surface area contributed by atoms with Gasteiger partial charge >= 0.3 is 12.1 Å². The highest BCUT2D eigenvalue weighted by atomic mass is 19.3. The molecule has 0 bridgehead atoms. The van der Waals surface area contributed by atoms with E-state index in [1.165, 1.54) is 4.90 Å². The number of hydrogen-bond acceptors (Lipinski definition) is 3. The standard InChI is InChI=1S/C26H27F2NO4/c27-26(28)13-7-1-6-12-25(26)16-29(14-22(25)23(30)31)24(32)33-15-21-19-10-4-2-8-17(19)18-9-3-5-11-20(18)21/h2-5,8-11,21-22H,1,6-7,12-16H2,(H,30,31). The first-order chi connectivity index (χ1) is 15.8. The van der Waals surface area contributed by atoms with Crippen LogP contribution in [0.2, 0.25) is 0 Å². The molecule has 7 heteroatoms. The van der Waals surface area contributed by atoms with E-state index in [9.17, 15) is 14.7 Å². The van der Waals surface area contributed by atoms with Gasteiger partial charge in [-0.15, -0.1) is 0 Å². The molecule has 5 rings (SSSR count). The Morgan fingerprint density at radius 3 is 2.21 bits per heavy atom. The molecule has 2 unspecified atom stereocenters. The fourth-order valence-corrected chi connectivity index (χ4v) is 6.07. The average Bonchev–Trinajstić information content (AvgIpc) is 3.30. The van der Waals surface area contributed by atoms with Crippen LogP contribution in [-0.4, -0.2) is 47.7 Å². The molecular weight excluding hydrogens is 428 g/mol. The number of carboxylic acids is 1. The lowest BCUT2D eigenvalue weighted by Crippen LogP contribution is -2.49. The van der Waals surface area contributed by atoms with Crippen molar-refractivity contribution in [3.63, 3.8) is 0 Å². The van der Waals surface area contributed by atoms with Crippen LogP contribution in [-0.2, 0) is 9.53 Å². The number of ether oxygens (including phenoxy) is 1. The van der Waals surface area contributed by atoms with E-state index in [1.54, 1.807) is 0 Å². The lowest BCUT2D eigenvalue weighted by Gasteiger charge is -2.38. The number of carboxylic acid groups (broad SMARTS) is 1. The summed E-state index contributed by atoms with van der Waals surface area (Å²) in [5.41, 5.74) is 2.57. The summed E-state index contributed by atoms with van der Waals surface area (Å²) in [6.07, 6.45) is 0.595. The number of fused-ring (bicyclic) bond motifs is 3. The third-order valence-electron chi connectivity index (χ3n) is 7.78. The quantitative estimate of drug-likeness (QED) is 0.660.